The smallest absolute Gasteiger partial charge is 0.231 e. The predicted octanol–water partition coefficient (Wildman–Crippen LogP) is 4.08. The molecule has 0 aromatic carbocycles. The zero-order chi connectivity index (χ0) is 28.9. The van der Waals surface area contributed by atoms with Crippen molar-refractivity contribution >= 4 is 18.1 Å². The second kappa shape index (κ2) is 15.7. The number of rotatable bonds is 13. The first-order valence-corrected chi connectivity index (χ1v) is 13.8. The van der Waals surface area contributed by atoms with Gasteiger partial charge in [-0.15, -0.1) is 0 Å². The zero-order valence-corrected chi connectivity index (χ0v) is 24.3. The quantitative estimate of drug-likeness (QED) is 0.291. The standard InChI is InChI=1S/C30H43N7O3/c1-7-27-28(40-22-39-27)13-11-12-15-35(6)17-18-37-16-14-24(30(38)32-9-3)19-26(37)25-20-29(34-23(5)33-25)36(10-4)21-31-8-2/h7-8,10-13,20-21,24,26H,2,4,9,14-19,22H2,1,3,5-6H3,(H,32,38)/b12-11+,27-7+,28-13+,31-21?. The molecule has 0 spiro atoms. The van der Waals surface area contributed by atoms with Crippen LogP contribution in [0.25, 0.3) is 0 Å². The highest BCUT2D eigenvalue weighted by Gasteiger charge is 2.34. The van der Waals surface area contributed by atoms with Gasteiger partial charge >= 0.3 is 0 Å². The van der Waals surface area contributed by atoms with Crippen LogP contribution in [0.3, 0.4) is 0 Å². The van der Waals surface area contributed by atoms with E-state index in [0.717, 1.165) is 49.8 Å². The number of anilines is 1. The third kappa shape index (κ3) is 8.62. The van der Waals surface area contributed by atoms with Gasteiger partial charge in [0.25, 0.3) is 0 Å². The first-order valence-electron chi connectivity index (χ1n) is 13.8. The lowest BCUT2D eigenvalue weighted by Crippen LogP contribution is -2.45. The molecule has 0 bridgehead atoms. The Hall–Kier alpha value is -3.76. The average Bonchev–Trinajstić information content (AvgIpc) is 3.42. The van der Waals surface area contributed by atoms with Crippen LogP contribution in [0.1, 0.15) is 44.2 Å². The summed E-state index contributed by atoms with van der Waals surface area (Å²) in [6.45, 7) is 17.5. The van der Waals surface area contributed by atoms with Crippen LogP contribution in [0.2, 0.25) is 0 Å². The van der Waals surface area contributed by atoms with E-state index in [2.05, 4.69) is 51.4 Å². The van der Waals surface area contributed by atoms with Crippen molar-refractivity contribution in [1.82, 2.24) is 25.1 Å². The molecule has 2 saturated heterocycles. The molecule has 0 aliphatic carbocycles. The van der Waals surface area contributed by atoms with Gasteiger partial charge in [-0.25, -0.2) is 15.0 Å². The third-order valence-corrected chi connectivity index (χ3v) is 6.88. The number of amides is 1. The van der Waals surface area contributed by atoms with Crippen LogP contribution in [-0.2, 0) is 14.3 Å². The SMILES string of the molecule is C=CN=CN(C=C)c1cc(C2CC(C(=O)NCC)CCN2CCN(C)C/C=C/C=C2/OCO/C2=C/C)nc(C)n1. The minimum absolute atomic E-state index is 0.0164. The Balaban J connectivity index is 1.73. The van der Waals surface area contributed by atoms with E-state index in [1.54, 1.807) is 17.4 Å². The number of nitrogens with one attached hydrogen (secondary N) is 1. The highest BCUT2D eigenvalue weighted by molar-refractivity contribution is 5.80. The summed E-state index contributed by atoms with van der Waals surface area (Å²) in [4.78, 5) is 32.8. The van der Waals surface area contributed by atoms with E-state index >= 15 is 0 Å². The molecule has 2 unspecified atom stereocenters. The zero-order valence-electron chi connectivity index (χ0n) is 24.3. The van der Waals surface area contributed by atoms with Crippen LogP contribution >= 0.6 is 0 Å². The van der Waals surface area contributed by atoms with E-state index in [-0.39, 0.29) is 24.7 Å². The fraction of sp³-hybridized carbons (Fsp3) is 0.467. The van der Waals surface area contributed by atoms with Crippen molar-refractivity contribution in [1.29, 1.82) is 0 Å². The van der Waals surface area contributed by atoms with Crippen molar-refractivity contribution in [2.24, 2.45) is 10.9 Å². The summed E-state index contributed by atoms with van der Waals surface area (Å²) in [7, 11) is 2.11. The number of nitrogens with zero attached hydrogens (tertiary/aromatic N) is 6. The number of ether oxygens (including phenoxy) is 2. The minimum atomic E-state index is -0.0599. The first-order chi connectivity index (χ1) is 19.4. The summed E-state index contributed by atoms with van der Waals surface area (Å²) in [5, 5.41) is 3.00. The topological polar surface area (TPSA) is 95.4 Å². The van der Waals surface area contributed by atoms with E-state index in [1.807, 2.05) is 45.1 Å². The molecule has 2 aliphatic rings. The van der Waals surface area contributed by atoms with Crippen LogP contribution in [0.5, 0.6) is 0 Å². The van der Waals surface area contributed by atoms with Crippen LogP contribution < -0.4 is 10.2 Å². The maximum atomic E-state index is 12.8. The molecule has 1 amide bonds. The minimum Gasteiger partial charge on any atom is -0.454 e. The number of likely N-dealkylation sites (tertiary alicyclic amines) is 1. The molecule has 2 fully saturated rings. The number of hydrogen-bond donors (Lipinski definition) is 1. The van der Waals surface area contributed by atoms with Crippen LogP contribution in [0.15, 0.2) is 72.4 Å². The van der Waals surface area contributed by atoms with Gasteiger partial charge in [0, 0.05) is 50.6 Å². The van der Waals surface area contributed by atoms with Crippen LogP contribution in [-0.4, -0.2) is 78.6 Å². The molecule has 2 atom stereocenters. The predicted molar refractivity (Wildman–Crippen MR) is 159 cm³/mol. The summed E-state index contributed by atoms with van der Waals surface area (Å²) >= 11 is 0. The summed E-state index contributed by atoms with van der Waals surface area (Å²) in [6, 6.07) is 1.95. The van der Waals surface area contributed by atoms with Gasteiger partial charge in [-0.3, -0.25) is 14.6 Å². The third-order valence-electron chi connectivity index (χ3n) is 6.88. The number of hydrogen-bond acceptors (Lipinski definition) is 8. The van der Waals surface area contributed by atoms with Crippen molar-refractivity contribution in [3.8, 4) is 0 Å². The fourth-order valence-corrected chi connectivity index (χ4v) is 4.78. The number of carbonyl (C=O) groups excluding carboxylic acids is 1. The monoisotopic (exact) mass is 549 g/mol. The number of aryl methyl sites for hydroxylation is 1. The lowest BCUT2D eigenvalue weighted by molar-refractivity contribution is -0.127. The molecule has 1 N–H and O–H groups in total. The molecule has 3 rings (SSSR count). The molecular weight excluding hydrogens is 506 g/mol. The van der Waals surface area contributed by atoms with Crippen molar-refractivity contribution in [2.75, 3.05) is 51.5 Å². The normalized spacial score (nSPS) is 21.7. The highest BCUT2D eigenvalue weighted by atomic mass is 16.7. The Morgan fingerprint density at radius 1 is 1.30 bits per heavy atom. The van der Waals surface area contributed by atoms with Crippen molar-refractivity contribution in [3.05, 3.63) is 79.0 Å². The molecule has 3 heterocycles. The van der Waals surface area contributed by atoms with Gasteiger partial charge in [-0.05, 0) is 59.4 Å². The van der Waals surface area contributed by atoms with E-state index in [9.17, 15) is 4.79 Å². The summed E-state index contributed by atoms with van der Waals surface area (Å²) in [6.07, 6.45) is 14.2. The van der Waals surface area contributed by atoms with Gasteiger partial charge in [0.05, 0.1) is 11.7 Å². The second-order valence-corrected chi connectivity index (χ2v) is 9.68. The van der Waals surface area contributed by atoms with Gasteiger partial charge in [0.2, 0.25) is 12.7 Å². The number of aliphatic imine (C=N–C) groups is 1. The van der Waals surface area contributed by atoms with Gasteiger partial charge in [-0.1, -0.05) is 25.3 Å². The largest absolute Gasteiger partial charge is 0.454 e. The molecule has 1 aromatic heterocycles. The Kier molecular flexibility index (Phi) is 12.1. The maximum absolute atomic E-state index is 12.8. The number of piperidine rings is 1. The van der Waals surface area contributed by atoms with E-state index in [4.69, 9.17) is 14.5 Å². The maximum Gasteiger partial charge on any atom is 0.231 e. The molecule has 216 valence electrons. The Morgan fingerprint density at radius 2 is 2.10 bits per heavy atom. The van der Waals surface area contributed by atoms with Gasteiger partial charge < -0.3 is 19.7 Å². The van der Waals surface area contributed by atoms with Gasteiger partial charge in [0.15, 0.2) is 11.5 Å². The number of likely N-dealkylation sites (N-methyl/N-ethyl adjacent to an activating group) is 1. The summed E-state index contributed by atoms with van der Waals surface area (Å²) in [5.41, 5.74) is 0.892. The molecular formula is C30H43N7O3. The fourth-order valence-electron chi connectivity index (χ4n) is 4.78. The number of aromatic nitrogens is 2. The molecule has 10 heteroatoms. The Labute approximate surface area is 238 Å². The van der Waals surface area contributed by atoms with Crippen molar-refractivity contribution in [2.45, 2.75) is 39.7 Å². The van der Waals surface area contributed by atoms with E-state index in [1.165, 1.54) is 6.20 Å². The Morgan fingerprint density at radius 3 is 2.83 bits per heavy atom. The van der Waals surface area contributed by atoms with Gasteiger partial charge in [0.1, 0.15) is 18.0 Å². The molecule has 0 radical (unpaired) electrons. The molecule has 2 aliphatic heterocycles. The van der Waals surface area contributed by atoms with Crippen molar-refractivity contribution < 1.29 is 14.3 Å². The Bertz CT molecular complexity index is 1140. The first kappa shape index (κ1) is 30.8. The second-order valence-electron chi connectivity index (χ2n) is 9.68. The van der Waals surface area contributed by atoms with Crippen LogP contribution in [0.4, 0.5) is 5.82 Å². The van der Waals surface area contributed by atoms with Crippen LogP contribution in [0, 0.1) is 12.8 Å². The lowest BCUT2D eigenvalue weighted by Gasteiger charge is -2.39. The lowest BCUT2D eigenvalue weighted by atomic mass is 9.88. The molecule has 1 aromatic rings. The number of allylic oxidation sites excluding steroid dienone is 3. The number of carbonyl (C=O) groups is 1. The molecule has 0 saturated carbocycles. The molecule has 40 heavy (non-hydrogen) atoms. The highest BCUT2D eigenvalue weighted by Crippen LogP contribution is 2.34. The van der Waals surface area contributed by atoms with E-state index < -0.39 is 0 Å². The summed E-state index contributed by atoms with van der Waals surface area (Å²) < 4.78 is 10.9. The van der Waals surface area contributed by atoms with Gasteiger partial charge in [-0.2, -0.15) is 0 Å². The molecule has 10 nitrogen and oxygen atoms in total. The average molecular weight is 550 g/mol. The van der Waals surface area contributed by atoms with Crippen molar-refractivity contribution in [3.63, 3.8) is 0 Å². The van der Waals surface area contributed by atoms with E-state index in [0.29, 0.717) is 24.6 Å². The summed E-state index contributed by atoms with van der Waals surface area (Å²) in [5.74, 6) is 2.91.